The molecule has 34 heavy (non-hydrogen) atoms. The molecule has 3 aromatic carbocycles. The van der Waals surface area contributed by atoms with Crippen LogP contribution in [0.5, 0.6) is 11.5 Å². The van der Waals surface area contributed by atoms with Crippen LogP contribution in [-0.4, -0.2) is 15.9 Å². The van der Waals surface area contributed by atoms with Gasteiger partial charge in [-0.2, -0.15) is 0 Å². The number of anilines is 1. The molecular formula is C28H23N3O2S. The maximum Gasteiger partial charge on any atom is 0.260 e. The van der Waals surface area contributed by atoms with Crippen LogP contribution in [0, 0.1) is 0 Å². The second kappa shape index (κ2) is 9.85. The molecule has 6 heteroatoms. The van der Waals surface area contributed by atoms with Crippen LogP contribution in [0.1, 0.15) is 28.5 Å². The normalized spacial score (nSPS) is 10.9. The van der Waals surface area contributed by atoms with E-state index in [1.165, 1.54) is 16.9 Å². The van der Waals surface area contributed by atoms with Crippen molar-refractivity contribution < 1.29 is 9.53 Å². The van der Waals surface area contributed by atoms with Crippen LogP contribution in [0.25, 0.3) is 10.2 Å². The Morgan fingerprint density at radius 2 is 1.68 bits per heavy atom. The molecule has 5 nitrogen and oxygen atoms in total. The number of aryl methyl sites for hydroxylation is 1. The van der Waals surface area contributed by atoms with Gasteiger partial charge in [0.25, 0.3) is 5.91 Å². The van der Waals surface area contributed by atoms with Gasteiger partial charge in [-0.25, -0.2) is 4.98 Å². The van der Waals surface area contributed by atoms with Crippen LogP contribution in [0.3, 0.4) is 0 Å². The maximum absolute atomic E-state index is 13.6. The number of hydrogen-bond acceptors (Lipinski definition) is 5. The van der Waals surface area contributed by atoms with E-state index in [0.29, 0.717) is 23.0 Å². The number of ether oxygens (including phenoxy) is 1. The number of para-hydroxylation sites is 1. The Hall–Kier alpha value is -4.03. The summed E-state index contributed by atoms with van der Waals surface area (Å²) in [7, 11) is 0. The molecule has 0 radical (unpaired) electrons. The molecular weight excluding hydrogens is 442 g/mol. The number of thiazole rings is 1. The minimum absolute atomic E-state index is 0.133. The number of carbonyl (C=O) groups is 1. The van der Waals surface area contributed by atoms with Crippen molar-refractivity contribution in [2.75, 3.05) is 4.90 Å². The fraction of sp³-hybridized carbons (Fsp3) is 0.107. The number of amides is 1. The number of fused-ring (bicyclic) bond motifs is 1. The van der Waals surface area contributed by atoms with E-state index in [0.717, 1.165) is 28.1 Å². The summed E-state index contributed by atoms with van der Waals surface area (Å²) < 4.78 is 6.94. The highest BCUT2D eigenvalue weighted by molar-refractivity contribution is 7.22. The van der Waals surface area contributed by atoms with Gasteiger partial charge in [-0.15, -0.1) is 0 Å². The molecule has 0 spiro atoms. The van der Waals surface area contributed by atoms with Crippen LogP contribution in [0.15, 0.2) is 97.2 Å². The van der Waals surface area contributed by atoms with Crippen molar-refractivity contribution >= 4 is 32.6 Å². The lowest BCUT2D eigenvalue weighted by Crippen LogP contribution is -2.30. The predicted octanol–water partition coefficient (Wildman–Crippen LogP) is 6.89. The van der Waals surface area contributed by atoms with Crippen molar-refractivity contribution in [1.29, 1.82) is 0 Å². The SMILES string of the molecule is CCc1ccc2nc(N(Cc3ccccn3)C(=O)c3ccc(Oc4ccccc4)cc3)sc2c1. The second-order valence-corrected chi connectivity index (χ2v) is 8.81. The van der Waals surface area contributed by atoms with Crippen LogP contribution in [-0.2, 0) is 13.0 Å². The zero-order chi connectivity index (χ0) is 23.3. The zero-order valence-corrected chi connectivity index (χ0v) is 19.5. The maximum atomic E-state index is 13.6. The van der Waals surface area contributed by atoms with Crippen LogP contribution in [0.4, 0.5) is 5.13 Å². The molecule has 1 amide bonds. The lowest BCUT2D eigenvalue weighted by Gasteiger charge is -2.19. The summed E-state index contributed by atoms with van der Waals surface area (Å²) in [5, 5.41) is 0.656. The van der Waals surface area contributed by atoms with Crippen molar-refractivity contribution in [2.24, 2.45) is 0 Å². The van der Waals surface area contributed by atoms with Gasteiger partial charge in [-0.05, 0) is 72.6 Å². The number of carbonyl (C=O) groups excluding carboxylic acids is 1. The van der Waals surface area contributed by atoms with E-state index in [4.69, 9.17) is 9.72 Å². The lowest BCUT2D eigenvalue weighted by molar-refractivity contribution is 0.0985. The van der Waals surface area contributed by atoms with Crippen molar-refractivity contribution in [1.82, 2.24) is 9.97 Å². The van der Waals surface area contributed by atoms with Gasteiger partial charge in [0.2, 0.25) is 0 Å². The van der Waals surface area contributed by atoms with Gasteiger partial charge in [-0.1, -0.05) is 48.6 Å². The van der Waals surface area contributed by atoms with Crippen molar-refractivity contribution in [3.8, 4) is 11.5 Å². The molecule has 0 aliphatic rings. The third-order valence-corrected chi connectivity index (χ3v) is 6.49. The van der Waals surface area contributed by atoms with Gasteiger partial charge in [0.15, 0.2) is 5.13 Å². The Labute approximate surface area is 202 Å². The summed E-state index contributed by atoms with van der Waals surface area (Å²) >= 11 is 1.52. The number of nitrogens with zero attached hydrogens (tertiary/aromatic N) is 3. The molecule has 5 aromatic rings. The van der Waals surface area contributed by atoms with Gasteiger partial charge in [0.1, 0.15) is 11.5 Å². The highest BCUT2D eigenvalue weighted by Gasteiger charge is 2.22. The molecule has 0 bridgehead atoms. The van der Waals surface area contributed by atoms with E-state index in [2.05, 4.69) is 24.0 Å². The third-order valence-electron chi connectivity index (χ3n) is 5.45. The van der Waals surface area contributed by atoms with Gasteiger partial charge in [0, 0.05) is 11.8 Å². The van der Waals surface area contributed by atoms with Crippen molar-refractivity contribution in [2.45, 2.75) is 19.9 Å². The minimum atomic E-state index is -0.133. The molecule has 168 valence electrons. The fourth-order valence-corrected chi connectivity index (χ4v) is 4.65. The molecule has 0 fully saturated rings. The first-order valence-electron chi connectivity index (χ1n) is 11.1. The molecule has 0 N–H and O–H groups in total. The summed E-state index contributed by atoms with van der Waals surface area (Å²) in [6.45, 7) is 2.47. The van der Waals surface area contributed by atoms with E-state index in [-0.39, 0.29) is 5.91 Å². The quantitative estimate of drug-likeness (QED) is 0.262. The predicted molar refractivity (Wildman–Crippen MR) is 137 cm³/mol. The largest absolute Gasteiger partial charge is 0.457 e. The molecule has 2 aromatic heterocycles. The van der Waals surface area contributed by atoms with Gasteiger partial charge in [0.05, 0.1) is 22.5 Å². The highest BCUT2D eigenvalue weighted by Crippen LogP contribution is 2.32. The Morgan fingerprint density at radius 3 is 2.41 bits per heavy atom. The number of benzene rings is 3. The summed E-state index contributed by atoms with van der Waals surface area (Å²) in [5.74, 6) is 1.29. The van der Waals surface area contributed by atoms with Gasteiger partial charge >= 0.3 is 0 Å². The minimum Gasteiger partial charge on any atom is -0.457 e. The Bertz CT molecular complexity index is 1400. The Morgan fingerprint density at radius 1 is 0.912 bits per heavy atom. The van der Waals surface area contributed by atoms with E-state index in [1.807, 2.05) is 66.7 Å². The molecule has 0 aliphatic heterocycles. The smallest absolute Gasteiger partial charge is 0.260 e. The standard InChI is InChI=1S/C28H23N3O2S/c1-2-20-11-16-25-26(18-20)34-28(30-25)31(19-22-8-6-7-17-29-22)27(32)21-12-14-24(15-13-21)33-23-9-4-3-5-10-23/h3-18H,2,19H2,1H3. The molecule has 0 aliphatic carbocycles. The van der Waals surface area contributed by atoms with Crippen LogP contribution in [0.2, 0.25) is 0 Å². The molecule has 0 atom stereocenters. The van der Waals surface area contributed by atoms with Crippen molar-refractivity contribution in [3.05, 3.63) is 114 Å². The topological polar surface area (TPSA) is 55.3 Å². The number of rotatable bonds is 7. The molecule has 0 saturated carbocycles. The highest BCUT2D eigenvalue weighted by atomic mass is 32.1. The second-order valence-electron chi connectivity index (χ2n) is 7.80. The fourth-order valence-electron chi connectivity index (χ4n) is 3.62. The molecule has 2 heterocycles. The van der Waals surface area contributed by atoms with Gasteiger partial charge < -0.3 is 4.74 Å². The first-order chi connectivity index (χ1) is 16.7. The first-order valence-corrected chi connectivity index (χ1v) is 12.0. The number of hydrogen-bond donors (Lipinski definition) is 0. The summed E-state index contributed by atoms with van der Waals surface area (Å²) in [6, 6.07) is 28.7. The summed E-state index contributed by atoms with van der Waals surface area (Å²) in [5.41, 5.74) is 3.50. The van der Waals surface area contributed by atoms with E-state index in [9.17, 15) is 4.79 Å². The molecule has 0 saturated heterocycles. The first kappa shape index (κ1) is 21.8. The Kier molecular flexibility index (Phi) is 6.31. The average molecular weight is 466 g/mol. The van der Waals surface area contributed by atoms with E-state index in [1.54, 1.807) is 23.2 Å². The van der Waals surface area contributed by atoms with E-state index >= 15 is 0 Å². The molecule has 5 rings (SSSR count). The van der Waals surface area contributed by atoms with Crippen LogP contribution < -0.4 is 9.64 Å². The van der Waals surface area contributed by atoms with Gasteiger partial charge in [-0.3, -0.25) is 14.7 Å². The summed E-state index contributed by atoms with van der Waals surface area (Å²) in [6.07, 6.45) is 2.69. The lowest BCUT2D eigenvalue weighted by atomic mass is 10.2. The van der Waals surface area contributed by atoms with Crippen LogP contribution >= 0.6 is 11.3 Å². The zero-order valence-electron chi connectivity index (χ0n) is 18.7. The van der Waals surface area contributed by atoms with Crippen molar-refractivity contribution in [3.63, 3.8) is 0 Å². The average Bonchev–Trinajstić information content (AvgIpc) is 3.31. The number of pyridine rings is 1. The van der Waals surface area contributed by atoms with E-state index < -0.39 is 0 Å². The monoisotopic (exact) mass is 465 g/mol. The molecule has 0 unspecified atom stereocenters. The number of aromatic nitrogens is 2. The summed E-state index contributed by atoms with van der Waals surface area (Å²) in [4.78, 5) is 24.5. The third kappa shape index (κ3) is 4.82. The Balaban J connectivity index is 1.45.